The zero-order valence-corrected chi connectivity index (χ0v) is 28.2. The Balaban J connectivity index is 1.14. The topological polar surface area (TPSA) is 4.93 Å². The molecule has 1 aliphatic rings. The van der Waals surface area contributed by atoms with Crippen LogP contribution in [0.4, 0.5) is 0 Å². The molecule has 1 nitrogen and oxygen atoms in total. The van der Waals surface area contributed by atoms with E-state index < -0.39 is 0 Å². The minimum Gasteiger partial charge on any atom is -0.309 e. The number of benzene rings is 8. The monoisotopic (exact) mass is 637 g/mol. The molecular formula is C49H35N. The Morgan fingerprint density at radius 2 is 0.940 bits per heavy atom. The van der Waals surface area contributed by atoms with Gasteiger partial charge in [-0.15, -0.1) is 0 Å². The van der Waals surface area contributed by atoms with Crippen molar-refractivity contribution in [2.75, 3.05) is 0 Å². The molecule has 1 heterocycles. The number of nitrogens with zero attached hydrogens (tertiary/aromatic N) is 1. The van der Waals surface area contributed by atoms with Crippen LogP contribution in [0.2, 0.25) is 0 Å². The molecule has 8 aromatic carbocycles. The Hall–Kier alpha value is -6.18. The Labute approximate surface area is 292 Å². The fourth-order valence-electron chi connectivity index (χ4n) is 8.44. The van der Waals surface area contributed by atoms with Crippen molar-refractivity contribution >= 4 is 32.6 Å². The van der Waals surface area contributed by atoms with Gasteiger partial charge in [0.05, 0.1) is 11.0 Å². The molecular weight excluding hydrogens is 603 g/mol. The largest absolute Gasteiger partial charge is 0.309 e. The van der Waals surface area contributed by atoms with Crippen molar-refractivity contribution in [1.29, 1.82) is 0 Å². The van der Waals surface area contributed by atoms with Crippen LogP contribution < -0.4 is 0 Å². The van der Waals surface area contributed by atoms with E-state index in [4.69, 9.17) is 0 Å². The van der Waals surface area contributed by atoms with Crippen molar-refractivity contribution < 1.29 is 0 Å². The summed E-state index contributed by atoms with van der Waals surface area (Å²) in [5, 5.41) is 5.21. The molecule has 1 heteroatoms. The zero-order chi connectivity index (χ0) is 33.4. The first kappa shape index (κ1) is 28.8. The maximum atomic E-state index is 2.48. The summed E-state index contributed by atoms with van der Waals surface area (Å²) in [5.74, 6) is 0. The standard InChI is InChI=1S/C49H35N/c1-49(2)44-26-23-35-17-9-10-18-40(35)48(44)43-30-42-41-19-11-12-20-46(41)50(47(42)31-45(43)49)39-24-21-34(22-25-39)38-28-36(32-13-5-3-6-14-32)27-37(29-38)33-15-7-4-8-16-33/h3-31H,1-2H3. The van der Waals surface area contributed by atoms with Crippen LogP contribution in [-0.2, 0) is 5.41 Å². The van der Waals surface area contributed by atoms with Gasteiger partial charge in [0.15, 0.2) is 0 Å². The third-order valence-electron chi connectivity index (χ3n) is 11.0. The van der Waals surface area contributed by atoms with Crippen LogP contribution in [0.25, 0.3) is 82.8 Å². The van der Waals surface area contributed by atoms with Gasteiger partial charge in [0.2, 0.25) is 0 Å². The van der Waals surface area contributed by atoms with Gasteiger partial charge in [0.25, 0.3) is 0 Å². The fourth-order valence-corrected chi connectivity index (χ4v) is 8.44. The van der Waals surface area contributed by atoms with E-state index >= 15 is 0 Å². The SMILES string of the molecule is CC1(C)c2cc3c(cc2-c2c1ccc1ccccc21)c1ccccc1n3-c1ccc(-c2cc(-c3ccccc3)cc(-c3ccccc3)c2)cc1. The molecule has 1 aromatic heterocycles. The summed E-state index contributed by atoms with van der Waals surface area (Å²) < 4.78 is 2.46. The number of hydrogen-bond acceptors (Lipinski definition) is 0. The maximum Gasteiger partial charge on any atom is 0.0544 e. The quantitative estimate of drug-likeness (QED) is 0.181. The molecule has 0 saturated heterocycles. The van der Waals surface area contributed by atoms with Crippen LogP contribution in [0, 0.1) is 0 Å². The van der Waals surface area contributed by atoms with E-state index in [1.807, 2.05) is 0 Å². The van der Waals surface area contributed by atoms with Gasteiger partial charge in [-0.25, -0.2) is 0 Å². The average Bonchev–Trinajstić information content (AvgIpc) is 3.62. The molecule has 236 valence electrons. The van der Waals surface area contributed by atoms with Crippen LogP contribution in [0.1, 0.15) is 25.0 Å². The Morgan fingerprint density at radius 1 is 0.380 bits per heavy atom. The summed E-state index contributed by atoms with van der Waals surface area (Å²) in [7, 11) is 0. The second-order valence-corrected chi connectivity index (χ2v) is 14.2. The van der Waals surface area contributed by atoms with Crippen molar-refractivity contribution in [2.45, 2.75) is 19.3 Å². The zero-order valence-electron chi connectivity index (χ0n) is 28.2. The highest BCUT2D eigenvalue weighted by Crippen LogP contribution is 2.53. The fraction of sp³-hybridized carbons (Fsp3) is 0.0612. The molecule has 0 bridgehead atoms. The molecule has 50 heavy (non-hydrogen) atoms. The molecule has 0 N–H and O–H groups in total. The lowest BCUT2D eigenvalue weighted by molar-refractivity contribution is 0.661. The molecule has 0 saturated carbocycles. The van der Waals surface area contributed by atoms with E-state index in [9.17, 15) is 0 Å². The molecule has 1 aliphatic carbocycles. The number of fused-ring (bicyclic) bond motifs is 8. The minimum atomic E-state index is -0.103. The number of rotatable bonds is 4. The lowest BCUT2D eigenvalue weighted by atomic mass is 9.82. The minimum absolute atomic E-state index is 0.103. The Morgan fingerprint density at radius 3 is 1.60 bits per heavy atom. The summed E-state index contributed by atoms with van der Waals surface area (Å²) >= 11 is 0. The van der Waals surface area contributed by atoms with Crippen LogP contribution in [0.5, 0.6) is 0 Å². The van der Waals surface area contributed by atoms with E-state index in [-0.39, 0.29) is 5.41 Å². The summed E-state index contributed by atoms with van der Waals surface area (Å²) in [6, 6.07) is 64.8. The molecule has 10 rings (SSSR count). The molecule has 0 amide bonds. The van der Waals surface area contributed by atoms with Crippen molar-refractivity contribution in [1.82, 2.24) is 4.57 Å². The Kier molecular flexibility index (Phi) is 6.29. The van der Waals surface area contributed by atoms with Gasteiger partial charge in [0, 0.05) is 21.9 Å². The van der Waals surface area contributed by atoms with Gasteiger partial charge in [-0.05, 0) is 115 Å². The van der Waals surface area contributed by atoms with Gasteiger partial charge in [-0.1, -0.05) is 141 Å². The molecule has 0 unspecified atom stereocenters. The number of aromatic nitrogens is 1. The number of para-hydroxylation sites is 1. The van der Waals surface area contributed by atoms with Crippen molar-refractivity contribution in [3.63, 3.8) is 0 Å². The smallest absolute Gasteiger partial charge is 0.0544 e. The second kappa shape index (κ2) is 10.9. The number of hydrogen-bond donors (Lipinski definition) is 0. The summed E-state index contributed by atoms with van der Waals surface area (Å²) in [5.41, 5.74) is 16.4. The van der Waals surface area contributed by atoms with E-state index in [1.54, 1.807) is 0 Å². The van der Waals surface area contributed by atoms with Crippen molar-refractivity contribution in [3.8, 4) is 50.2 Å². The normalized spacial score (nSPS) is 13.2. The van der Waals surface area contributed by atoms with E-state index in [0.717, 1.165) is 0 Å². The lowest BCUT2D eigenvalue weighted by Crippen LogP contribution is -2.15. The van der Waals surface area contributed by atoms with E-state index in [1.165, 1.54) is 93.9 Å². The molecule has 0 fully saturated rings. The summed E-state index contributed by atoms with van der Waals surface area (Å²) in [6.45, 7) is 4.76. The lowest BCUT2D eigenvalue weighted by Gasteiger charge is -2.22. The maximum absolute atomic E-state index is 2.48. The highest BCUT2D eigenvalue weighted by Gasteiger charge is 2.37. The summed E-state index contributed by atoms with van der Waals surface area (Å²) in [6.07, 6.45) is 0. The van der Waals surface area contributed by atoms with Gasteiger partial charge >= 0.3 is 0 Å². The highest BCUT2D eigenvalue weighted by atomic mass is 15.0. The first-order chi connectivity index (χ1) is 24.5. The van der Waals surface area contributed by atoms with Gasteiger partial charge in [0.1, 0.15) is 0 Å². The first-order valence-electron chi connectivity index (χ1n) is 17.5. The van der Waals surface area contributed by atoms with Crippen molar-refractivity contribution in [2.24, 2.45) is 0 Å². The van der Waals surface area contributed by atoms with Crippen LogP contribution in [-0.4, -0.2) is 4.57 Å². The van der Waals surface area contributed by atoms with Gasteiger partial charge in [-0.3, -0.25) is 0 Å². The molecule has 0 aliphatic heterocycles. The van der Waals surface area contributed by atoms with Gasteiger partial charge < -0.3 is 4.57 Å². The molecule has 9 aromatic rings. The highest BCUT2D eigenvalue weighted by molar-refractivity contribution is 6.13. The van der Waals surface area contributed by atoms with Crippen LogP contribution >= 0.6 is 0 Å². The van der Waals surface area contributed by atoms with Gasteiger partial charge in [-0.2, -0.15) is 0 Å². The molecule has 0 spiro atoms. The third-order valence-corrected chi connectivity index (χ3v) is 11.0. The summed E-state index contributed by atoms with van der Waals surface area (Å²) in [4.78, 5) is 0. The first-order valence-corrected chi connectivity index (χ1v) is 17.5. The van der Waals surface area contributed by atoms with Crippen molar-refractivity contribution in [3.05, 3.63) is 187 Å². The van der Waals surface area contributed by atoms with Crippen LogP contribution in [0.3, 0.4) is 0 Å². The van der Waals surface area contributed by atoms with E-state index in [0.29, 0.717) is 0 Å². The predicted octanol–water partition coefficient (Wildman–Crippen LogP) is 13.2. The Bertz CT molecular complexity index is 2690. The molecule has 0 atom stereocenters. The average molecular weight is 638 g/mol. The third kappa shape index (κ3) is 4.33. The van der Waals surface area contributed by atoms with Crippen LogP contribution in [0.15, 0.2) is 176 Å². The second-order valence-electron chi connectivity index (χ2n) is 14.2. The molecule has 0 radical (unpaired) electrons. The predicted molar refractivity (Wildman–Crippen MR) is 212 cm³/mol. The van der Waals surface area contributed by atoms with E-state index in [2.05, 4.69) is 194 Å².